The fourth-order valence-corrected chi connectivity index (χ4v) is 2.17. The van der Waals surface area contributed by atoms with E-state index in [-0.39, 0.29) is 12.5 Å². The van der Waals surface area contributed by atoms with Gasteiger partial charge < -0.3 is 10.1 Å². The van der Waals surface area contributed by atoms with Gasteiger partial charge in [0.15, 0.2) is 0 Å². The molecule has 2 aromatic carbocycles. The van der Waals surface area contributed by atoms with Crippen LogP contribution < -0.4 is 15.5 Å². The zero-order valence-corrected chi connectivity index (χ0v) is 14.1. The molecule has 0 aliphatic rings. The quantitative estimate of drug-likeness (QED) is 0.577. The van der Waals surface area contributed by atoms with E-state index in [0.29, 0.717) is 6.61 Å². The van der Waals surface area contributed by atoms with Gasteiger partial charge in [-0.3, -0.25) is 4.79 Å². The summed E-state index contributed by atoms with van der Waals surface area (Å²) < 4.78 is 5.38. The van der Waals surface area contributed by atoms with Gasteiger partial charge in [0.2, 0.25) is 0 Å². The van der Waals surface area contributed by atoms with E-state index in [1.165, 1.54) is 0 Å². The molecule has 0 radical (unpaired) electrons. The zero-order valence-electron chi connectivity index (χ0n) is 14.1. The number of hydrogen-bond donors (Lipinski definition) is 2. The summed E-state index contributed by atoms with van der Waals surface area (Å²) in [6.45, 7) is 4.74. The van der Waals surface area contributed by atoms with Crippen molar-refractivity contribution in [2.24, 2.45) is 5.10 Å². The van der Waals surface area contributed by atoms with E-state index in [9.17, 15) is 4.79 Å². The van der Waals surface area contributed by atoms with Crippen LogP contribution in [0, 0.1) is 0 Å². The first-order valence-electron chi connectivity index (χ1n) is 8.10. The van der Waals surface area contributed by atoms with Crippen LogP contribution in [0.25, 0.3) is 0 Å². The summed E-state index contributed by atoms with van der Waals surface area (Å²) in [6, 6.07) is 17.3. The van der Waals surface area contributed by atoms with Crippen LogP contribution in [-0.4, -0.2) is 24.8 Å². The van der Waals surface area contributed by atoms with Crippen LogP contribution in [0.5, 0.6) is 5.75 Å². The highest BCUT2D eigenvalue weighted by Crippen LogP contribution is 2.15. The highest BCUT2D eigenvalue weighted by atomic mass is 16.5. The third kappa shape index (κ3) is 5.43. The predicted octanol–water partition coefficient (Wildman–Crippen LogP) is 3.43. The summed E-state index contributed by atoms with van der Waals surface area (Å²) in [5.41, 5.74) is 5.32. The fraction of sp³-hybridized carbons (Fsp3) is 0.263. The molecule has 5 nitrogen and oxygen atoms in total. The van der Waals surface area contributed by atoms with Gasteiger partial charge in [0, 0.05) is 5.69 Å². The maximum Gasteiger partial charge on any atom is 0.259 e. The largest absolute Gasteiger partial charge is 0.494 e. The van der Waals surface area contributed by atoms with Gasteiger partial charge in [-0.15, -0.1) is 0 Å². The van der Waals surface area contributed by atoms with E-state index in [2.05, 4.69) is 15.8 Å². The van der Waals surface area contributed by atoms with Crippen molar-refractivity contribution in [3.05, 3.63) is 60.2 Å². The highest BCUT2D eigenvalue weighted by molar-refractivity contribution is 6.00. The van der Waals surface area contributed by atoms with Crippen LogP contribution in [-0.2, 0) is 4.79 Å². The van der Waals surface area contributed by atoms with Crippen LogP contribution in [0.3, 0.4) is 0 Å². The summed E-state index contributed by atoms with van der Waals surface area (Å²) >= 11 is 0. The molecule has 5 heteroatoms. The number of nitrogens with one attached hydrogen (secondary N) is 2. The Morgan fingerprint density at radius 3 is 2.38 bits per heavy atom. The topological polar surface area (TPSA) is 62.7 Å². The predicted molar refractivity (Wildman–Crippen MR) is 97.5 cm³/mol. The van der Waals surface area contributed by atoms with Crippen molar-refractivity contribution in [3.8, 4) is 5.75 Å². The standard InChI is InChI=1S/C19H23N3O2/c1-3-18(15-8-6-5-7-9-15)21-22-19(23)14-20-16-10-12-17(13-11-16)24-4-2/h5-13,20H,3-4,14H2,1-2H3,(H,22,23)/b21-18-. The molecule has 2 rings (SSSR count). The third-order valence-electron chi connectivity index (χ3n) is 3.38. The van der Waals surface area contributed by atoms with Crippen molar-refractivity contribution >= 4 is 17.3 Å². The molecule has 0 heterocycles. The number of ether oxygens (including phenoxy) is 1. The smallest absolute Gasteiger partial charge is 0.259 e. The lowest BCUT2D eigenvalue weighted by molar-refractivity contribution is -0.119. The second kappa shape index (κ2) is 9.35. The molecule has 24 heavy (non-hydrogen) atoms. The molecule has 1 amide bonds. The maximum absolute atomic E-state index is 11.9. The molecular weight excluding hydrogens is 302 g/mol. The van der Waals surface area contributed by atoms with Crippen LogP contribution in [0.4, 0.5) is 5.69 Å². The first-order chi connectivity index (χ1) is 11.7. The number of anilines is 1. The lowest BCUT2D eigenvalue weighted by atomic mass is 10.1. The van der Waals surface area contributed by atoms with E-state index in [1.807, 2.05) is 68.4 Å². The first kappa shape index (κ1) is 17.5. The van der Waals surface area contributed by atoms with Crippen molar-refractivity contribution in [2.45, 2.75) is 20.3 Å². The molecule has 0 atom stereocenters. The third-order valence-corrected chi connectivity index (χ3v) is 3.38. The van der Waals surface area contributed by atoms with Crippen LogP contribution in [0.1, 0.15) is 25.8 Å². The molecule has 0 saturated heterocycles. The molecule has 0 bridgehead atoms. The Hall–Kier alpha value is -2.82. The summed E-state index contributed by atoms with van der Waals surface area (Å²) in [6.07, 6.45) is 0.747. The monoisotopic (exact) mass is 325 g/mol. The SMILES string of the molecule is CCOc1ccc(NCC(=O)N/N=C(/CC)c2ccccc2)cc1. The van der Waals surface area contributed by atoms with Gasteiger partial charge in [-0.25, -0.2) is 5.43 Å². The number of rotatable bonds is 8. The van der Waals surface area contributed by atoms with Crippen molar-refractivity contribution < 1.29 is 9.53 Å². The van der Waals surface area contributed by atoms with Gasteiger partial charge in [0.05, 0.1) is 18.9 Å². The number of carbonyl (C=O) groups excluding carboxylic acids is 1. The number of nitrogens with zero attached hydrogens (tertiary/aromatic N) is 1. The van der Waals surface area contributed by atoms with Crippen LogP contribution in [0.2, 0.25) is 0 Å². The second-order valence-corrected chi connectivity index (χ2v) is 5.12. The van der Waals surface area contributed by atoms with E-state index in [4.69, 9.17) is 4.74 Å². The second-order valence-electron chi connectivity index (χ2n) is 5.12. The Kier molecular flexibility index (Phi) is 6.83. The highest BCUT2D eigenvalue weighted by Gasteiger charge is 2.03. The average molecular weight is 325 g/mol. The minimum atomic E-state index is -0.189. The molecule has 0 unspecified atom stereocenters. The Balaban J connectivity index is 1.85. The molecule has 0 aromatic heterocycles. The van der Waals surface area contributed by atoms with E-state index >= 15 is 0 Å². The number of benzene rings is 2. The first-order valence-corrected chi connectivity index (χ1v) is 8.10. The molecule has 0 aliphatic heterocycles. The van der Waals surface area contributed by atoms with Gasteiger partial charge in [-0.2, -0.15) is 5.10 Å². The van der Waals surface area contributed by atoms with Gasteiger partial charge in [0.25, 0.3) is 5.91 Å². The Morgan fingerprint density at radius 1 is 1.04 bits per heavy atom. The number of hydrazone groups is 1. The van der Waals surface area contributed by atoms with Gasteiger partial charge in [-0.05, 0) is 43.2 Å². The Labute approximate surface area is 142 Å². The van der Waals surface area contributed by atoms with Gasteiger partial charge in [-0.1, -0.05) is 37.3 Å². The molecule has 0 spiro atoms. The number of hydrogen-bond acceptors (Lipinski definition) is 4. The fourth-order valence-electron chi connectivity index (χ4n) is 2.17. The molecule has 0 saturated carbocycles. The van der Waals surface area contributed by atoms with E-state index in [0.717, 1.165) is 29.1 Å². The lowest BCUT2D eigenvalue weighted by Crippen LogP contribution is -2.27. The van der Waals surface area contributed by atoms with Gasteiger partial charge in [0.1, 0.15) is 5.75 Å². The van der Waals surface area contributed by atoms with E-state index < -0.39 is 0 Å². The Bertz CT molecular complexity index is 667. The molecule has 0 aliphatic carbocycles. The van der Waals surface area contributed by atoms with E-state index in [1.54, 1.807) is 0 Å². The zero-order chi connectivity index (χ0) is 17.2. The molecule has 126 valence electrons. The Morgan fingerprint density at radius 2 is 1.75 bits per heavy atom. The van der Waals surface area contributed by atoms with Gasteiger partial charge >= 0.3 is 0 Å². The summed E-state index contributed by atoms with van der Waals surface area (Å²) in [4.78, 5) is 11.9. The normalized spacial score (nSPS) is 11.0. The maximum atomic E-state index is 11.9. The molecule has 2 N–H and O–H groups in total. The minimum Gasteiger partial charge on any atom is -0.494 e. The van der Waals surface area contributed by atoms with Crippen molar-refractivity contribution in [1.29, 1.82) is 0 Å². The summed E-state index contributed by atoms with van der Waals surface area (Å²) in [7, 11) is 0. The number of amides is 1. The summed E-state index contributed by atoms with van der Waals surface area (Å²) in [5.74, 6) is 0.623. The van der Waals surface area contributed by atoms with Crippen molar-refractivity contribution in [3.63, 3.8) is 0 Å². The molecule has 0 fully saturated rings. The van der Waals surface area contributed by atoms with Crippen LogP contribution in [0.15, 0.2) is 59.7 Å². The van der Waals surface area contributed by atoms with Crippen LogP contribution >= 0.6 is 0 Å². The van der Waals surface area contributed by atoms with Crippen molar-refractivity contribution in [1.82, 2.24) is 5.43 Å². The lowest BCUT2D eigenvalue weighted by Gasteiger charge is -2.08. The number of carbonyl (C=O) groups is 1. The van der Waals surface area contributed by atoms with Crippen molar-refractivity contribution in [2.75, 3.05) is 18.5 Å². The average Bonchev–Trinajstić information content (AvgIpc) is 2.63. The molecular formula is C19H23N3O2. The minimum absolute atomic E-state index is 0.156. The summed E-state index contributed by atoms with van der Waals surface area (Å²) in [5, 5.41) is 7.28. The molecule has 2 aromatic rings.